The second-order valence-electron chi connectivity index (χ2n) is 5.40. The Morgan fingerprint density at radius 1 is 1.26 bits per heavy atom. The van der Waals surface area contributed by atoms with E-state index in [-0.39, 0.29) is 0 Å². The number of rotatable bonds is 5. The van der Waals surface area contributed by atoms with Crippen molar-refractivity contribution in [3.05, 3.63) is 11.9 Å². The molecule has 1 aliphatic heterocycles. The van der Waals surface area contributed by atoms with Crippen LogP contribution in [0.4, 0.5) is 11.6 Å². The molecule has 0 atom stereocenters. The van der Waals surface area contributed by atoms with Crippen molar-refractivity contribution < 1.29 is 0 Å². The van der Waals surface area contributed by atoms with Gasteiger partial charge >= 0.3 is 0 Å². The number of nitrogens with one attached hydrogen (secondary N) is 2. The van der Waals surface area contributed by atoms with Crippen molar-refractivity contribution in [3.8, 4) is 0 Å². The second-order valence-corrected chi connectivity index (χ2v) is 5.40. The van der Waals surface area contributed by atoms with E-state index in [4.69, 9.17) is 0 Å². The minimum atomic E-state index is 0.800. The lowest BCUT2D eigenvalue weighted by molar-refractivity contribution is 0.215. The van der Waals surface area contributed by atoms with E-state index in [0.29, 0.717) is 0 Å². The average Bonchev–Trinajstić information content (AvgIpc) is 2.40. The molecule has 0 amide bonds. The molecule has 0 bridgehead atoms. The van der Waals surface area contributed by atoms with Gasteiger partial charge in [0, 0.05) is 19.7 Å². The molecule has 1 aromatic heterocycles. The van der Waals surface area contributed by atoms with Crippen LogP contribution in [0.2, 0.25) is 0 Å². The summed E-state index contributed by atoms with van der Waals surface area (Å²) in [6.07, 6.45) is 3.87. The summed E-state index contributed by atoms with van der Waals surface area (Å²) in [5.41, 5.74) is 0. The Bertz CT molecular complexity index is 399. The molecule has 5 nitrogen and oxygen atoms in total. The molecule has 0 unspecified atom stereocenters. The Hall–Kier alpha value is -1.36. The van der Waals surface area contributed by atoms with Crippen LogP contribution in [-0.2, 0) is 0 Å². The number of anilines is 2. The van der Waals surface area contributed by atoms with Crippen LogP contribution in [0.15, 0.2) is 6.07 Å². The van der Waals surface area contributed by atoms with E-state index in [2.05, 4.69) is 32.5 Å². The average molecular weight is 263 g/mol. The minimum Gasteiger partial charge on any atom is -0.373 e. The maximum Gasteiger partial charge on any atom is 0.131 e. The molecule has 0 aliphatic carbocycles. The highest BCUT2D eigenvalue weighted by atomic mass is 15.1. The van der Waals surface area contributed by atoms with E-state index in [1.807, 2.05) is 20.0 Å². The first-order valence-electron chi connectivity index (χ1n) is 7.13. The molecule has 0 radical (unpaired) electrons. The zero-order chi connectivity index (χ0) is 13.7. The lowest BCUT2D eigenvalue weighted by Crippen LogP contribution is -2.30. The Morgan fingerprint density at radius 2 is 1.95 bits per heavy atom. The van der Waals surface area contributed by atoms with E-state index < -0.39 is 0 Å². The summed E-state index contributed by atoms with van der Waals surface area (Å²) < 4.78 is 0. The zero-order valence-corrected chi connectivity index (χ0v) is 12.2. The maximum absolute atomic E-state index is 4.41. The quantitative estimate of drug-likeness (QED) is 0.850. The Labute approximate surface area is 115 Å². The first-order chi connectivity index (χ1) is 9.17. The summed E-state index contributed by atoms with van der Waals surface area (Å²) in [5.74, 6) is 3.45. The lowest BCUT2D eigenvalue weighted by atomic mass is 9.94. The van der Waals surface area contributed by atoms with Crippen LogP contribution in [0.3, 0.4) is 0 Å². The van der Waals surface area contributed by atoms with E-state index >= 15 is 0 Å². The second kappa shape index (κ2) is 6.70. The number of nitrogens with zero attached hydrogens (tertiary/aromatic N) is 3. The summed E-state index contributed by atoms with van der Waals surface area (Å²) in [4.78, 5) is 11.1. The highest BCUT2D eigenvalue weighted by Crippen LogP contribution is 2.19. The molecule has 106 valence electrons. The first-order valence-corrected chi connectivity index (χ1v) is 7.13. The maximum atomic E-state index is 4.41. The van der Waals surface area contributed by atoms with Gasteiger partial charge in [-0.15, -0.1) is 0 Å². The highest BCUT2D eigenvalue weighted by Gasteiger charge is 2.15. The van der Waals surface area contributed by atoms with Crippen LogP contribution in [0.1, 0.15) is 25.1 Å². The molecule has 5 heteroatoms. The van der Waals surface area contributed by atoms with Crippen molar-refractivity contribution in [2.75, 3.05) is 44.4 Å². The molecule has 1 aromatic rings. The van der Waals surface area contributed by atoms with Gasteiger partial charge in [0.2, 0.25) is 0 Å². The fourth-order valence-electron chi connectivity index (χ4n) is 2.54. The van der Waals surface area contributed by atoms with Crippen molar-refractivity contribution in [3.63, 3.8) is 0 Å². The van der Waals surface area contributed by atoms with Gasteiger partial charge in [-0.25, -0.2) is 9.97 Å². The fraction of sp³-hybridized carbons (Fsp3) is 0.714. The van der Waals surface area contributed by atoms with Gasteiger partial charge in [-0.3, -0.25) is 0 Å². The Balaban J connectivity index is 1.77. The van der Waals surface area contributed by atoms with Crippen LogP contribution in [-0.4, -0.2) is 48.6 Å². The number of likely N-dealkylation sites (tertiary alicyclic amines) is 1. The standard InChI is InChI=1S/C14H25N5/c1-11-17-13(15-2)10-14(18-11)16-7-4-12-5-8-19(3)9-6-12/h10,12H,4-9H2,1-3H3,(H2,15,16,17,18). The molecule has 2 rings (SSSR count). The van der Waals surface area contributed by atoms with Gasteiger partial charge in [0.1, 0.15) is 17.5 Å². The summed E-state index contributed by atoms with van der Waals surface area (Å²) in [6, 6.07) is 1.96. The largest absolute Gasteiger partial charge is 0.373 e. The molecule has 1 fully saturated rings. The van der Waals surface area contributed by atoms with Gasteiger partial charge in [-0.1, -0.05) is 0 Å². The van der Waals surface area contributed by atoms with Gasteiger partial charge < -0.3 is 15.5 Å². The van der Waals surface area contributed by atoms with Crippen molar-refractivity contribution in [1.29, 1.82) is 0 Å². The summed E-state index contributed by atoms with van der Waals surface area (Å²) >= 11 is 0. The third-order valence-corrected chi connectivity index (χ3v) is 3.79. The normalized spacial score (nSPS) is 17.4. The van der Waals surface area contributed by atoms with Crippen LogP contribution in [0.25, 0.3) is 0 Å². The predicted molar refractivity (Wildman–Crippen MR) is 79.6 cm³/mol. The summed E-state index contributed by atoms with van der Waals surface area (Å²) in [7, 11) is 4.08. The number of hydrogen-bond donors (Lipinski definition) is 2. The van der Waals surface area contributed by atoms with Crippen molar-refractivity contribution >= 4 is 11.6 Å². The molecule has 2 N–H and O–H groups in total. The molecule has 0 aromatic carbocycles. The Kier molecular flexibility index (Phi) is 4.96. The SMILES string of the molecule is CNc1cc(NCCC2CCN(C)CC2)nc(C)n1. The fourth-order valence-corrected chi connectivity index (χ4v) is 2.54. The third kappa shape index (κ3) is 4.35. The smallest absolute Gasteiger partial charge is 0.131 e. The van der Waals surface area contributed by atoms with E-state index in [0.717, 1.165) is 29.9 Å². The van der Waals surface area contributed by atoms with Gasteiger partial charge in [0.15, 0.2) is 0 Å². The minimum absolute atomic E-state index is 0.800. The molecule has 1 saturated heterocycles. The topological polar surface area (TPSA) is 53.1 Å². The van der Waals surface area contributed by atoms with Crippen molar-refractivity contribution in [1.82, 2.24) is 14.9 Å². The molecule has 2 heterocycles. The monoisotopic (exact) mass is 263 g/mol. The lowest BCUT2D eigenvalue weighted by Gasteiger charge is -2.28. The Morgan fingerprint density at radius 3 is 2.63 bits per heavy atom. The number of hydrogen-bond acceptors (Lipinski definition) is 5. The molecule has 1 aliphatic rings. The van der Waals surface area contributed by atoms with Crippen molar-refractivity contribution in [2.45, 2.75) is 26.2 Å². The first kappa shape index (κ1) is 14.1. The summed E-state index contributed by atoms with van der Waals surface area (Å²) in [6.45, 7) is 5.39. The number of aryl methyl sites for hydroxylation is 1. The van der Waals surface area contributed by atoms with Crippen molar-refractivity contribution in [2.24, 2.45) is 5.92 Å². The molecule has 19 heavy (non-hydrogen) atoms. The molecule has 0 saturated carbocycles. The number of piperidine rings is 1. The van der Waals surface area contributed by atoms with Gasteiger partial charge in [0.25, 0.3) is 0 Å². The van der Waals surface area contributed by atoms with Crippen LogP contribution in [0, 0.1) is 12.8 Å². The zero-order valence-electron chi connectivity index (χ0n) is 12.2. The predicted octanol–water partition coefficient (Wildman–Crippen LogP) is 1.97. The summed E-state index contributed by atoms with van der Waals surface area (Å²) in [5, 5.41) is 6.47. The van der Waals surface area contributed by atoms with Gasteiger partial charge in [-0.2, -0.15) is 0 Å². The highest BCUT2D eigenvalue weighted by molar-refractivity contribution is 5.46. The van der Waals surface area contributed by atoms with Gasteiger partial charge in [-0.05, 0) is 52.2 Å². The van der Waals surface area contributed by atoms with Crippen LogP contribution < -0.4 is 10.6 Å². The van der Waals surface area contributed by atoms with E-state index in [9.17, 15) is 0 Å². The van der Waals surface area contributed by atoms with Gasteiger partial charge in [0.05, 0.1) is 0 Å². The molecular formula is C14H25N5. The molecule has 0 spiro atoms. The number of aromatic nitrogens is 2. The van der Waals surface area contributed by atoms with Crippen LogP contribution >= 0.6 is 0 Å². The molecular weight excluding hydrogens is 238 g/mol. The van der Waals surface area contributed by atoms with E-state index in [1.165, 1.54) is 32.4 Å². The third-order valence-electron chi connectivity index (χ3n) is 3.79. The van der Waals surface area contributed by atoms with Crippen LogP contribution in [0.5, 0.6) is 0 Å². The van der Waals surface area contributed by atoms with E-state index in [1.54, 1.807) is 0 Å².